The zero-order valence-corrected chi connectivity index (χ0v) is 12.1. The van der Waals surface area contributed by atoms with Gasteiger partial charge < -0.3 is 10.0 Å². The van der Waals surface area contributed by atoms with Gasteiger partial charge in [0.25, 0.3) is 5.91 Å². The number of hydrogen-bond acceptors (Lipinski definition) is 3. The second-order valence-corrected chi connectivity index (χ2v) is 5.68. The van der Waals surface area contributed by atoms with E-state index in [2.05, 4.69) is 5.10 Å². The Morgan fingerprint density at radius 3 is 3.05 bits per heavy atom. The van der Waals surface area contributed by atoms with Gasteiger partial charge in [0.15, 0.2) is 0 Å². The van der Waals surface area contributed by atoms with Gasteiger partial charge in [-0.25, -0.2) is 0 Å². The van der Waals surface area contributed by atoms with Gasteiger partial charge in [-0.3, -0.25) is 9.48 Å². The number of hydrogen-bond donors (Lipinski definition) is 1. The number of phenolic OH excluding ortho intramolecular Hbond substituents is 1. The molecule has 2 aromatic rings. The van der Waals surface area contributed by atoms with Crippen molar-refractivity contribution in [1.29, 1.82) is 0 Å². The molecule has 110 valence electrons. The summed E-state index contributed by atoms with van der Waals surface area (Å²) in [7, 11) is 1.91. The third-order valence-electron chi connectivity index (χ3n) is 3.95. The zero-order valence-electron chi connectivity index (χ0n) is 12.1. The summed E-state index contributed by atoms with van der Waals surface area (Å²) in [6.07, 6.45) is 5.89. The molecule has 0 saturated carbocycles. The summed E-state index contributed by atoms with van der Waals surface area (Å²) in [5, 5.41) is 13.7. The molecule has 0 aliphatic carbocycles. The number of aromatic hydroxyl groups is 1. The van der Waals surface area contributed by atoms with Crippen LogP contribution in [0.4, 0.5) is 0 Å². The number of aromatic nitrogens is 2. The number of rotatable bonds is 3. The second kappa shape index (κ2) is 5.60. The SMILES string of the molecule is Cn1cc(CC2CCN(C(=O)c3cccc(O)c3)C2)cn1. The number of carbonyl (C=O) groups is 1. The summed E-state index contributed by atoms with van der Waals surface area (Å²) in [6, 6.07) is 6.55. The lowest BCUT2D eigenvalue weighted by Gasteiger charge is -2.16. The van der Waals surface area contributed by atoms with Crippen LogP contribution in [0.2, 0.25) is 0 Å². The molecule has 3 rings (SSSR count). The average molecular weight is 285 g/mol. The van der Waals surface area contributed by atoms with Crippen molar-refractivity contribution in [2.45, 2.75) is 12.8 Å². The summed E-state index contributed by atoms with van der Waals surface area (Å²) in [5.74, 6) is 0.613. The molecule has 0 bridgehead atoms. The Hall–Kier alpha value is -2.30. The third kappa shape index (κ3) is 3.07. The molecule has 1 aromatic carbocycles. The number of nitrogens with zero attached hydrogens (tertiary/aromatic N) is 3. The van der Waals surface area contributed by atoms with Crippen LogP contribution in [-0.2, 0) is 13.5 Å². The molecule has 1 N–H and O–H groups in total. The van der Waals surface area contributed by atoms with Gasteiger partial charge >= 0.3 is 0 Å². The normalized spacial score (nSPS) is 18.1. The number of phenols is 1. The summed E-state index contributed by atoms with van der Waals surface area (Å²) >= 11 is 0. The lowest BCUT2D eigenvalue weighted by atomic mass is 10.0. The fourth-order valence-electron chi connectivity index (χ4n) is 2.92. The second-order valence-electron chi connectivity index (χ2n) is 5.68. The van der Waals surface area contributed by atoms with Gasteiger partial charge in [0.2, 0.25) is 0 Å². The summed E-state index contributed by atoms with van der Waals surface area (Å²) < 4.78 is 1.81. The molecule has 1 aromatic heterocycles. The van der Waals surface area contributed by atoms with Crippen LogP contribution in [-0.4, -0.2) is 38.8 Å². The minimum atomic E-state index is -0.000383. The Balaban J connectivity index is 1.62. The molecular formula is C16H19N3O2. The Morgan fingerprint density at radius 2 is 2.33 bits per heavy atom. The fraction of sp³-hybridized carbons (Fsp3) is 0.375. The van der Waals surface area contributed by atoms with Crippen LogP contribution >= 0.6 is 0 Å². The van der Waals surface area contributed by atoms with E-state index in [1.807, 2.05) is 24.3 Å². The molecule has 0 radical (unpaired) electrons. The molecule has 1 atom stereocenters. The minimum absolute atomic E-state index is 0.000383. The van der Waals surface area contributed by atoms with Crippen molar-refractivity contribution in [3.63, 3.8) is 0 Å². The van der Waals surface area contributed by atoms with Gasteiger partial charge in [-0.2, -0.15) is 5.10 Å². The number of amides is 1. The van der Waals surface area contributed by atoms with Crippen molar-refractivity contribution in [3.05, 3.63) is 47.8 Å². The van der Waals surface area contributed by atoms with Crippen LogP contribution in [0.3, 0.4) is 0 Å². The van der Waals surface area contributed by atoms with Crippen LogP contribution in [0.15, 0.2) is 36.7 Å². The Bertz CT molecular complexity index is 650. The Kier molecular flexibility index (Phi) is 3.64. The quantitative estimate of drug-likeness (QED) is 0.936. The van der Waals surface area contributed by atoms with E-state index in [0.29, 0.717) is 11.5 Å². The zero-order chi connectivity index (χ0) is 14.8. The predicted octanol–water partition coefficient (Wildman–Crippen LogP) is 1.83. The van der Waals surface area contributed by atoms with E-state index in [0.717, 1.165) is 25.9 Å². The lowest BCUT2D eigenvalue weighted by molar-refractivity contribution is 0.0786. The number of aryl methyl sites for hydroxylation is 1. The van der Waals surface area contributed by atoms with Crippen LogP contribution in [0.25, 0.3) is 0 Å². The molecule has 5 nitrogen and oxygen atoms in total. The van der Waals surface area contributed by atoms with E-state index in [1.165, 1.54) is 11.6 Å². The van der Waals surface area contributed by atoms with Crippen LogP contribution in [0, 0.1) is 5.92 Å². The van der Waals surface area contributed by atoms with E-state index < -0.39 is 0 Å². The minimum Gasteiger partial charge on any atom is -0.508 e. The summed E-state index contributed by atoms with van der Waals surface area (Å²) in [4.78, 5) is 14.3. The maximum absolute atomic E-state index is 12.4. The van der Waals surface area contributed by atoms with Crippen molar-refractivity contribution in [2.24, 2.45) is 13.0 Å². The van der Waals surface area contributed by atoms with Crippen molar-refractivity contribution < 1.29 is 9.90 Å². The van der Waals surface area contributed by atoms with Crippen LogP contribution in [0.1, 0.15) is 22.3 Å². The topological polar surface area (TPSA) is 58.4 Å². The Labute approximate surface area is 123 Å². The average Bonchev–Trinajstić information content (AvgIpc) is 3.08. The number of benzene rings is 1. The van der Waals surface area contributed by atoms with Gasteiger partial charge in [0.1, 0.15) is 5.75 Å². The fourth-order valence-corrected chi connectivity index (χ4v) is 2.92. The molecule has 1 aliphatic rings. The van der Waals surface area contributed by atoms with E-state index >= 15 is 0 Å². The predicted molar refractivity (Wildman–Crippen MR) is 79.0 cm³/mol. The van der Waals surface area contributed by atoms with Gasteiger partial charge in [-0.05, 0) is 42.5 Å². The van der Waals surface area contributed by atoms with E-state index in [9.17, 15) is 9.90 Å². The molecule has 1 amide bonds. The maximum Gasteiger partial charge on any atom is 0.253 e. The maximum atomic E-state index is 12.4. The van der Waals surface area contributed by atoms with Crippen molar-refractivity contribution in [3.8, 4) is 5.75 Å². The lowest BCUT2D eigenvalue weighted by Crippen LogP contribution is -2.28. The van der Waals surface area contributed by atoms with Gasteiger partial charge in [-0.15, -0.1) is 0 Å². The monoisotopic (exact) mass is 285 g/mol. The van der Waals surface area contributed by atoms with Crippen molar-refractivity contribution in [1.82, 2.24) is 14.7 Å². The van der Waals surface area contributed by atoms with Crippen molar-refractivity contribution in [2.75, 3.05) is 13.1 Å². The number of likely N-dealkylation sites (tertiary alicyclic amines) is 1. The van der Waals surface area contributed by atoms with Crippen LogP contribution in [0.5, 0.6) is 5.75 Å². The van der Waals surface area contributed by atoms with E-state index in [-0.39, 0.29) is 11.7 Å². The molecular weight excluding hydrogens is 266 g/mol. The highest BCUT2D eigenvalue weighted by molar-refractivity contribution is 5.94. The molecule has 1 saturated heterocycles. The molecule has 5 heteroatoms. The van der Waals surface area contributed by atoms with Gasteiger partial charge in [0.05, 0.1) is 6.20 Å². The highest BCUT2D eigenvalue weighted by Gasteiger charge is 2.27. The molecule has 21 heavy (non-hydrogen) atoms. The molecule has 0 spiro atoms. The molecule has 1 unspecified atom stereocenters. The highest BCUT2D eigenvalue weighted by atomic mass is 16.3. The van der Waals surface area contributed by atoms with E-state index in [1.54, 1.807) is 22.9 Å². The largest absolute Gasteiger partial charge is 0.508 e. The Morgan fingerprint density at radius 1 is 1.48 bits per heavy atom. The van der Waals surface area contributed by atoms with Gasteiger partial charge in [0, 0.05) is 31.9 Å². The molecule has 1 aliphatic heterocycles. The third-order valence-corrected chi connectivity index (χ3v) is 3.95. The first-order chi connectivity index (χ1) is 10.1. The smallest absolute Gasteiger partial charge is 0.253 e. The summed E-state index contributed by atoms with van der Waals surface area (Å²) in [6.45, 7) is 1.54. The highest BCUT2D eigenvalue weighted by Crippen LogP contribution is 2.23. The van der Waals surface area contributed by atoms with Crippen molar-refractivity contribution >= 4 is 5.91 Å². The first kappa shape index (κ1) is 13.7. The first-order valence-corrected chi connectivity index (χ1v) is 7.17. The van der Waals surface area contributed by atoms with E-state index in [4.69, 9.17) is 0 Å². The first-order valence-electron chi connectivity index (χ1n) is 7.17. The van der Waals surface area contributed by atoms with Gasteiger partial charge in [-0.1, -0.05) is 6.07 Å². The number of carbonyl (C=O) groups excluding carboxylic acids is 1. The summed E-state index contributed by atoms with van der Waals surface area (Å²) in [5.41, 5.74) is 1.77. The standard InChI is InChI=1S/C16H19N3O2/c1-18-10-13(9-17-18)7-12-5-6-19(11-12)16(21)14-3-2-4-15(20)8-14/h2-4,8-10,12,20H,5-7,11H2,1H3. The molecule has 2 heterocycles. The van der Waals surface area contributed by atoms with Crippen LogP contribution < -0.4 is 0 Å². The molecule has 1 fully saturated rings.